The van der Waals surface area contributed by atoms with Crippen LogP contribution in [0.4, 0.5) is 13.2 Å². The van der Waals surface area contributed by atoms with Crippen LogP contribution in [-0.2, 0) is 34.7 Å². The Hall–Kier alpha value is -5.93. The van der Waals surface area contributed by atoms with Crippen molar-refractivity contribution in [1.29, 1.82) is 0 Å². The molecule has 2 N–H and O–H groups in total. The average molecular weight is 821 g/mol. The lowest BCUT2D eigenvalue weighted by molar-refractivity contribution is -0.148. The summed E-state index contributed by atoms with van der Waals surface area (Å²) in [7, 11) is -7.42. The number of fused-ring (bicyclic) bond motifs is 2. The fourth-order valence-electron chi connectivity index (χ4n) is 7.11. The van der Waals surface area contributed by atoms with Gasteiger partial charge in [0.25, 0.3) is 0 Å². The molecule has 1 unspecified atom stereocenters. The number of carboxylic acid groups (broad SMARTS) is 2. The number of sulfone groups is 2. The molecule has 0 aliphatic carbocycles. The molecule has 6 aromatic rings. The van der Waals surface area contributed by atoms with Gasteiger partial charge in [-0.05, 0) is 132 Å². The van der Waals surface area contributed by atoms with Gasteiger partial charge in [-0.25, -0.2) is 30.0 Å². The monoisotopic (exact) mass is 820 g/mol. The summed E-state index contributed by atoms with van der Waals surface area (Å²) in [5, 5.41) is 22.4. The Balaban J connectivity index is 1.66. The fraction of sp³-hybridized carbons (Fsp3) is 0.190. The smallest absolute Gasteiger partial charge is 0.319 e. The minimum atomic E-state index is -3.82. The first-order valence-electron chi connectivity index (χ1n) is 17.3. The van der Waals surface area contributed by atoms with Crippen LogP contribution in [0.2, 0.25) is 0 Å². The molecule has 6 rings (SSSR count). The van der Waals surface area contributed by atoms with Gasteiger partial charge in [0.15, 0.2) is 31.2 Å². The normalized spacial score (nSPS) is 13.1. The number of aryl methyl sites for hydroxylation is 1. The lowest BCUT2D eigenvalue weighted by Crippen LogP contribution is -2.41. The standard InChI is InChI=1S/C42H35F3O10S2/c1-6-57(52,53)37-14-11-29(15-22(37)2)54-39-23(3)33(16-25-7-9-27(43)18-31(25)39)42(41(48)49,21-38(46)47)34-17-26-8-10-28(44)19-32(26)40(24(34)4)55-36-13-12-30(20-35(36)45)56(5,50)51/h7-20H,6,21H2,1-5H3,(H,46,47)(H,48,49). The largest absolute Gasteiger partial charge is 0.481 e. The molecule has 0 heterocycles. The number of carbonyl (C=O) groups is 2. The second-order valence-electron chi connectivity index (χ2n) is 13.7. The zero-order chi connectivity index (χ0) is 41.8. The third-order valence-electron chi connectivity index (χ3n) is 9.93. The SMILES string of the molecule is CCS(=O)(=O)c1ccc(Oc2c(C)c(C(CC(=O)O)(C(=O)O)c3cc4ccc(F)cc4c(Oc4ccc(S(C)(=O)=O)cc4F)c3C)cc3ccc(F)cc23)cc1C. The van der Waals surface area contributed by atoms with E-state index >= 15 is 4.39 Å². The Morgan fingerprint density at radius 3 is 1.70 bits per heavy atom. The molecular formula is C42H35F3O10S2. The van der Waals surface area contributed by atoms with Crippen LogP contribution in [0.15, 0.2) is 94.7 Å². The molecule has 10 nitrogen and oxygen atoms in total. The molecule has 296 valence electrons. The molecule has 0 spiro atoms. The quantitative estimate of drug-likeness (QED) is 0.122. The van der Waals surface area contributed by atoms with E-state index in [9.17, 15) is 45.4 Å². The van der Waals surface area contributed by atoms with E-state index in [1.807, 2.05) is 0 Å². The molecule has 0 saturated heterocycles. The van der Waals surface area contributed by atoms with Crippen LogP contribution in [0.1, 0.15) is 41.2 Å². The Bertz CT molecular complexity index is 2890. The molecule has 0 fully saturated rings. The highest BCUT2D eigenvalue weighted by atomic mass is 32.2. The van der Waals surface area contributed by atoms with Crippen molar-refractivity contribution in [2.24, 2.45) is 0 Å². The minimum Gasteiger partial charge on any atom is -0.481 e. The Morgan fingerprint density at radius 1 is 0.702 bits per heavy atom. The summed E-state index contributed by atoms with van der Waals surface area (Å²) in [6.45, 7) is 5.94. The fourth-order valence-corrected chi connectivity index (χ4v) is 8.88. The maximum atomic E-state index is 15.4. The summed E-state index contributed by atoms with van der Waals surface area (Å²) in [5.74, 6) is -6.46. The first kappa shape index (κ1) is 40.7. The third kappa shape index (κ3) is 7.52. The van der Waals surface area contributed by atoms with Crippen molar-refractivity contribution >= 4 is 53.2 Å². The first-order chi connectivity index (χ1) is 26.7. The van der Waals surface area contributed by atoms with Crippen LogP contribution in [0, 0.1) is 38.2 Å². The molecule has 0 aliphatic heterocycles. The van der Waals surface area contributed by atoms with E-state index in [1.165, 1.54) is 63.2 Å². The van der Waals surface area contributed by atoms with Gasteiger partial charge >= 0.3 is 11.9 Å². The van der Waals surface area contributed by atoms with Crippen LogP contribution >= 0.6 is 0 Å². The average Bonchev–Trinajstić information content (AvgIpc) is 3.13. The van der Waals surface area contributed by atoms with E-state index in [4.69, 9.17) is 9.47 Å². The summed E-state index contributed by atoms with van der Waals surface area (Å²) in [6.07, 6.45) is -0.179. The lowest BCUT2D eigenvalue weighted by atomic mass is 9.68. The summed E-state index contributed by atoms with van der Waals surface area (Å²) in [6, 6.07) is 17.0. The van der Waals surface area contributed by atoms with Crippen molar-refractivity contribution < 1.29 is 59.3 Å². The molecule has 0 amide bonds. The van der Waals surface area contributed by atoms with E-state index < -0.39 is 66.7 Å². The molecule has 6 aromatic carbocycles. The molecule has 0 radical (unpaired) electrons. The number of rotatable bonds is 12. The van der Waals surface area contributed by atoms with Gasteiger partial charge in [0, 0.05) is 17.0 Å². The minimum absolute atomic E-state index is 0.0206. The second-order valence-corrected chi connectivity index (χ2v) is 17.9. The van der Waals surface area contributed by atoms with Gasteiger partial charge in [0.2, 0.25) is 0 Å². The third-order valence-corrected chi connectivity index (χ3v) is 12.9. The molecule has 15 heteroatoms. The van der Waals surface area contributed by atoms with Gasteiger partial charge in [-0.3, -0.25) is 9.59 Å². The van der Waals surface area contributed by atoms with Gasteiger partial charge in [-0.15, -0.1) is 0 Å². The van der Waals surface area contributed by atoms with Crippen molar-refractivity contribution in [2.45, 2.75) is 49.3 Å². The Morgan fingerprint density at radius 2 is 1.25 bits per heavy atom. The van der Waals surface area contributed by atoms with Gasteiger partial charge in [0.1, 0.15) is 34.3 Å². The Labute approximate surface area is 326 Å². The summed E-state index contributed by atoms with van der Waals surface area (Å²) in [4.78, 5) is 26.5. The van der Waals surface area contributed by atoms with Gasteiger partial charge < -0.3 is 19.7 Å². The second kappa shape index (κ2) is 14.9. The first-order valence-corrected chi connectivity index (χ1v) is 20.8. The number of ether oxygens (including phenoxy) is 2. The van der Waals surface area contributed by atoms with Crippen LogP contribution in [-0.4, -0.2) is 51.0 Å². The topological polar surface area (TPSA) is 161 Å². The summed E-state index contributed by atoms with van der Waals surface area (Å²) < 4.78 is 107. The predicted octanol–water partition coefficient (Wildman–Crippen LogP) is 8.96. The molecule has 0 bridgehead atoms. The van der Waals surface area contributed by atoms with E-state index in [0.717, 1.165) is 48.7 Å². The van der Waals surface area contributed by atoms with Crippen molar-refractivity contribution in [3.63, 3.8) is 0 Å². The van der Waals surface area contributed by atoms with Crippen molar-refractivity contribution in [1.82, 2.24) is 0 Å². The highest BCUT2D eigenvalue weighted by Crippen LogP contribution is 2.49. The van der Waals surface area contributed by atoms with Crippen molar-refractivity contribution in [3.8, 4) is 23.0 Å². The Kier molecular flexibility index (Phi) is 10.6. The van der Waals surface area contributed by atoms with Crippen molar-refractivity contribution in [3.05, 3.63) is 130 Å². The summed E-state index contributed by atoms with van der Waals surface area (Å²) >= 11 is 0. The van der Waals surface area contributed by atoms with Crippen LogP contribution < -0.4 is 9.47 Å². The number of benzene rings is 6. The number of aliphatic carboxylic acids is 2. The molecule has 0 saturated carbocycles. The van der Waals surface area contributed by atoms with Gasteiger partial charge in [-0.2, -0.15) is 0 Å². The molecular weight excluding hydrogens is 786 g/mol. The number of halogens is 3. The number of hydrogen-bond donors (Lipinski definition) is 2. The van der Waals surface area contributed by atoms with Gasteiger partial charge in [-0.1, -0.05) is 19.1 Å². The van der Waals surface area contributed by atoms with E-state index in [1.54, 1.807) is 6.92 Å². The summed E-state index contributed by atoms with van der Waals surface area (Å²) in [5.41, 5.74) is -2.29. The predicted molar refractivity (Wildman–Crippen MR) is 207 cm³/mol. The number of carboxylic acids is 2. The molecule has 0 aromatic heterocycles. The van der Waals surface area contributed by atoms with Gasteiger partial charge in [0.05, 0.1) is 22.0 Å². The lowest BCUT2D eigenvalue weighted by Gasteiger charge is -2.34. The maximum absolute atomic E-state index is 15.4. The molecule has 1 atom stereocenters. The molecule has 0 aliphatic rings. The van der Waals surface area contributed by atoms with Crippen LogP contribution in [0.5, 0.6) is 23.0 Å². The van der Waals surface area contributed by atoms with Crippen LogP contribution in [0.25, 0.3) is 21.5 Å². The van der Waals surface area contributed by atoms with E-state index in [-0.39, 0.29) is 76.6 Å². The van der Waals surface area contributed by atoms with Crippen LogP contribution in [0.3, 0.4) is 0 Å². The maximum Gasteiger partial charge on any atom is 0.319 e. The zero-order valence-electron chi connectivity index (χ0n) is 31.1. The number of hydrogen-bond acceptors (Lipinski definition) is 8. The highest BCUT2D eigenvalue weighted by molar-refractivity contribution is 7.91. The van der Waals surface area contributed by atoms with E-state index in [0.29, 0.717) is 5.56 Å². The zero-order valence-corrected chi connectivity index (χ0v) is 32.7. The van der Waals surface area contributed by atoms with E-state index in [2.05, 4.69) is 0 Å². The molecule has 57 heavy (non-hydrogen) atoms. The van der Waals surface area contributed by atoms with Crippen molar-refractivity contribution in [2.75, 3.05) is 12.0 Å². The highest BCUT2D eigenvalue weighted by Gasteiger charge is 2.48.